The zero-order valence-corrected chi connectivity index (χ0v) is 49.4. The molecule has 20 heteroatoms. The molecule has 0 spiro atoms. The third-order valence-electron chi connectivity index (χ3n) is 16.8. The van der Waals surface area contributed by atoms with E-state index in [9.17, 15) is 45.6 Å². The predicted octanol–water partition coefficient (Wildman–Crippen LogP) is 4.25. The van der Waals surface area contributed by atoms with Gasteiger partial charge < -0.3 is 93.0 Å². The predicted molar refractivity (Wildman–Crippen MR) is 291 cm³/mol. The van der Waals surface area contributed by atoms with Crippen molar-refractivity contribution in [2.24, 2.45) is 23.7 Å². The van der Waals surface area contributed by atoms with Gasteiger partial charge >= 0.3 is 0 Å². The van der Waals surface area contributed by atoms with Crippen LogP contribution >= 0.6 is 0 Å². The maximum absolute atomic E-state index is 14.4. The smallest absolute Gasteiger partial charge is 0.197 e. The maximum atomic E-state index is 14.4. The molecule has 8 N–H and O–H groups in total. The van der Waals surface area contributed by atoms with Gasteiger partial charge in [-0.05, 0) is 86.1 Å². The molecule has 5 rings (SSSR count). The highest BCUT2D eigenvalue weighted by Gasteiger charge is 2.57. The van der Waals surface area contributed by atoms with E-state index in [4.69, 9.17) is 52.1 Å². The van der Waals surface area contributed by atoms with Crippen LogP contribution in [0.4, 0.5) is 0 Å². The molecule has 79 heavy (non-hydrogen) atoms. The Bertz CT molecular complexity index is 2080. The lowest BCUT2D eigenvalue weighted by molar-refractivity contribution is -0.363. The summed E-state index contributed by atoms with van der Waals surface area (Å²) in [4.78, 5) is 14.4. The number of Topliss-reactive ketones (excluding diaryl/α,β-unsaturated/α-hetero) is 1. The Morgan fingerprint density at radius 3 is 2.05 bits per heavy atom. The van der Waals surface area contributed by atoms with Crippen molar-refractivity contribution in [2.45, 2.75) is 249 Å². The number of aliphatic hydroxyl groups is 8. The van der Waals surface area contributed by atoms with E-state index in [-0.39, 0.29) is 56.8 Å². The van der Waals surface area contributed by atoms with Crippen molar-refractivity contribution in [3.8, 4) is 0 Å². The summed E-state index contributed by atoms with van der Waals surface area (Å²) in [7, 11) is 5.88. The number of hydrogen-bond donors (Lipinski definition) is 8. The van der Waals surface area contributed by atoms with Gasteiger partial charge in [0.05, 0.1) is 73.2 Å². The Hall–Kier alpha value is -2.39. The lowest BCUT2D eigenvalue weighted by Gasteiger charge is -2.52. The van der Waals surface area contributed by atoms with Gasteiger partial charge in [0, 0.05) is 71.9 Å². The standard InChI is InChI=1S/C59H98O20/c1-30-17-16-18-42(60)46(70-13)25-40(24-43(61)33(4)22-31(2)21-32(3)23-34(5)44(20-19-30)77-57-53(65)52(64)54(72-15)38(9)75-57)55(66)59(68)36(7)50(62)35(6)45(79-59)26-41(29-69-12)76-49-28-58(11,67)56(39(10)74-49)78-48-27-47(71-14)51(63)37(8)73-48/h17,19-23,34-42,44-57,60,62-68H,16,18,24-29H2,1-15H3/b20-19+,30-17+,31-21+,32-23+,33-22+/t34-,35+,36-,37-,38+,39+,40?,41-,42+,44-,45?,46+,47-,48+,49+,50+,51-,52+,53+,54+,55-,56+,57+,58+,59-/m1/s1. The molecule has 5 aliphatic rings. The van der Waals surface area contributed by atoms with Crippen LogP contribution in [0.2, 0.25) is 0 Å². The number of hydrogen-bond acceptors (Lipinski definition) is 20. The minimum absolute atomic E-state index is 0.0139. The van der Waals surface area contributed by atoms with E-state index >= 15 is 0 Å². The summed E-state index contributed by atoms with van der Waals surface area (Å²) in [6.45, 7) is 19.5. The summed E-state index contributed by atoms with van der Waals surface area (Å²) in [6, 6.07) is 0. The number of ether oxygens (including phenoxy) is 11. The number of aliphatic hydroxyl groups excluding tert-OH is 6. The fraction of sp³-hybridized carbons (Fsp3) is 0.814. The van der Waals surface area contributed by atoms with Crippen LogP contribution in [0.3, 0.4) is 0 Å². The van der Waals surface area contributed by atoms with Gasteiger partial charge in [0.25, 0.3) is 0 Å². The molecule has 4 saturated heterocycles. The summed E-state index contributed by atoms with van der Waals surface area (Å²) in [5.41, 5.74) is 1.36. The molecule has 0 aromatic rings. The van der Waals surface area contributed by atoms with Crippen molar-refractivity contribution in [1.29, 1.82) is 0 Å². The van der Waals surface area contributed by atoms with E-state index in [0.717, 1.165) is 16.7 Å². The maximum Gasteiger partial charge on any atom is 0.197 e. The molecular weight excluding hydrogens is 1030 g/mol. The SMILES string of the molecule is COC[C@@H](CC1O[C@@](O)([C@H](O)C2CC(=O)/C(C)=C/C(C)=C/C(C)=C/[C@@H](C)[C@H](O[C@@H]3O[C@@H](C)[C@H](OC)[C@@H](O)[C@@H]3O)/C=C/C(C)=C/CC[C@H](O)[C@@H](OC)C2)[C@H](C)[C@@H](O)[C@H]1C)O[C@H]1C[C@](C)(O)[C@@H](O[C@H]2C[C@@H](OC)[C@H](O)[C@@H](C)O2)[C@H](C)O1. The third-order valence-corrected chi connectivity index (χ3v) is 16.8. The second-order valence-corrected chi connectivity index (χ2v) is 23.4. The van der Waals surface area contributed by atoms with Gasteiger partial charge in [-0.15, -0.1) is 0 Å². The summed E-state index contributed by atoms with van der Waals surface area (Å²) < 4.78 is 66.2. The van der Waals surface area contributed by atoms with Crippen LogP contribution < -0.4 is 0 Å². The minimum Gasteiger partial charge on any atom is -0.392 e. The van der Waals surface area contributed by atoms with E-state index < -0.39 is 146 Å². The number of methoxy groups -OCH3 is 4. The summed E-state index contributed by atoms with van der Waals surface area (Å²) in [6.07, 6.45) is -5.61. The van der Waals surface area contributed by atoms with Crippen LogP contribution in [-0.2, 0) is 56.9 Å². The van der Waals surface area contributed by atoms with Crippen LogP contribution in [0.25, 0.3) is 0 Å². The minimum atomic E-state index is -2.41. The molecule has 0 radical (unpaired) electrons. The van der Waals surface area contributed by atoms with Crippen molar-refractivity contribution >= 4 is 5.78 Å². The quantitative estimate of drug-likeness (QED) is 0.114. The molecule has 0 saturated carbocycles. The van der Waals surface area contributed by atoms with Gasteiger partial charge in [-0.3, -0.25) is 4.79 Å². The van der Waals surface area contributed by atoms with Crippen molar-refractivity contribution in [3.05, 3.63) is 58.7 Å². The molecule has 2 unspecified atom stereocenters. The Morgan fingerprint density at radius 2 is 1.42 bits per heavy atom. The van der Waals surface area contributed by atoms with E-state index in [1.54, 1.807) is 54.5 Å². The number of carbonyl (C=O) groups is 1. The topological polar surface area (TPSA) is 280 Å². The third kappa shape index (κ3) is 17.4. The van der Waals surface area contributed by atoms with E-state index in [0.29, 0.717) is 12.0 Å². The number of allylic oxidation sites excluding steroid dienone is 8. The molecule has 0 aromatic heterocycles. The van der Waals surface area contributed by atoms with Crippen LogP contribution in [0.15, 0.2) is 58.7 Å². The first-order valence-corrected chi connectivity index (χ1v) is 28.2. The lowest BCUT2D eigenvalue weighted by Crippen LogP contribution is -2.64. The zero-order valence-electron chi connectivity index (χ0n) is 49.4. The Kier molecular flexibility index (Phi) is 25.5. The van der Waals surface area contributed by atoms with E-state index in [1.807, 2.05) is 58.1 Å². The Balaban J connectivity index is 1.37. The molecular formula is C59H98O20. The van der Waals surface area contributed by atoms with Crippen LogP contribution in [0.5, 0.6) is 0 Å². The molecule has 4 aliphatic heterocycles. The number of carbonyl (C=O) groups excluding carboxylic acids is 1. The van der Waals surface area contributed by atoms with Crippen molar-refractivity contribution in [3.63, 3.8) is 0 Å². The molecule has 4 heterocycles. The normalized spacial score (nSPS) is 46.8. The van der Waals surface area contributed by atoms with Gasteiger partial charge in [0.15, 0.2) is 30.4 Å². The molecule has 0 amide bonds. The highest BCUT2D eigenvalue weighted by Crippen LogP contribution is 2.44. The molecule has 20 nitrogen and oxygen atoms in total. The molecule has 0 aromatic carbocycles. The molecule has 1 aliphatic carbocycles. The van der Waals surface area contributed by atoms with Crippen molar-refractivity contribution < 1.29 is 97.8 Å². The van der Waals surface area contributed by atoms with Crippen molar-refractivity contribution in [1.82, 2.24) is 0 Å². The largest absolute Gasteiger partial charge is 0.392 e. The number of rotatable bonds is 15. The van der Waals surface area contributed by atoms with Gasteiger partial charge in [0.2, 0.25) is 0 Å². The van der Waals surface area contributed by atoms with Gasteiger partial charge in [-0.2, -0.15) is 0 Å². The van der Waals surface area contributed by atoms with Crippen molar-refractivity contribution in [2.75, 3.05) is 35.0 Å². The first-order valence-electron chi connectivity index (χ1n) is 28.2. The number of ketones is 1. The molecule has 0 bridgehead atoms. The van der Waals surface area contributed by atoms with Gasteiger partial charge in [0.1, 0.15) is 36.6 Å². The summed E-state index contributed by atoms with van der Waals surface area (Å²) in [5, 5.41) is 93.0. The van der Waals surface area contributed by atoms with Crippen LogP contribution in [0.1, 0.15) is 121 Å². The first-order chi connectivity index (χ1) is 37.1. The fourth-order valence-electron chi connectivity index (χ4n) is 12.0. The highest BCUT2D eigenvalue weighted by molar-refractivity contribution is 5.95. The lowest BCUT2D eigenvalue weighted by atomic mass is 9.73. The second-order valence-electron chi connectivity index (χ2n) is 23.4. The van der Waals surface area contributed by atoms with Crippen LogP contribution in [0, 0.1) is 23.7 Å². The molecule has 25 atom stereocenters. The second kappa shape index (κ2) is 29.9. The molecule has 454 valence electrons. The Labute approximate surface area is 468 Å². The van der Waals surface area contributed by atoms with Gasteiger partial charge in [-0.1, -0.05) is 73.9 Å². The first kappa shape index (κ1) is 67.4. The monoisotopic (exact) mass is 1130 g/mol. The summed E-state index contributed by atoms with van der Waals surface area (Å²) in [5.74, 6) is -5.73. The average Bonchev–Trinajstić information content (AvgIpc) is 3.44. The average molecular weight is 1130 g/mol. The summed E-state index contributed by atoms with van der Waals surface area (Å²) >= 11 is 0. The van der Waals surface area contributed by atoms with Crippen LogP contribution in [-0.4, -0.2) is 210 Å². The fourth-order valence-corrected chi connectivity index (χ4v) is 12.0. The zero-order chi connectivity index (χ0) is 58.8. The van der Waals surface area contributed by atoms with Gasteiger partial charge in [-0.25, -0.2) is 0 Å². The highest BCUT2D eigenvalue weighted by atomic mass is 16.7. The van der Waals surface area contributed by atoms with E-state index in [2.05, 4.69) is 0 Å². The Morgan fingerprint density at radius 1 is 0.747 bits per heavy atom. The van der Waals surface area contributed by atoms with E-state index in [1.165, 1.54) is 28.4 Å². The molecule has 4 fully saturated rings.